The highest BCUT2D eigenvalue weighted by molar-refractivity contribution is 6.75. The van der Waals surface area contributed by atoms with Crippen LogP contribution >= 0.6 is 0 Å². The van der Waals surface area contributed by atoms with Crippen LogP contribution in [0.4, 0.5) is 0 Å². The normalized spacial score (nSPS) is 36.7. The van der Waals surface area contributed by atoms with Crippen molar-refractivity contribution < 1.29 is 18.4 Å². The van der Waals surface area contributed by atoms with Crippen molar-refractivity contribution in [1.82, 2.24) is 0 Å². The zero-order chi connectivity index (χ0) is 29.6. The smallest absolute Gasteiger partial charge is 0.192 e. The predicted octanol–water partition coefficient (Wildman–Crippen LogP) is 9.12. The molecule has 0 unspecified atom stereocenters. The van der Waals surface area contributed by atoms with E-state index in [9.17, 15) is 5.11 Å². The van der Waals surface area contributed by atoms with E-state index in [2.05, 4.69) is 109 Å². The van der Waals surface area contributed by atoms with Crippen molar-refractivity contribution in [2.45, 2.75) is 167 Å². The van der Waals surface area contributed by atoms with Crippen molar-refractivity contribution in [1.29, 1.82) is 0 Å². The molecule has 7 heteroatoms. The average molecular weight is 585 g/mol. The Bertz CT molecular complexity index is 892. The molecule has 4 fully saturated rings. The van der Waals surface area contributed by atoms with Crippen LogP contribution in [0.1, 0.15) is 101 Å². The van der Waals surface area contributed by atoms with Gasteiger partial charge in [0, 0.05) is 29.5 Å². The van der Waals surface area contributed by atoms with E-state index in [1.807, 2.05) is 0 Å². The third kappa shape index (κ3) is 4.38. The molecule has 1 N–H and O–H groups in total. The molecule has 0 aromatic heterocycles. The van der Waals surface area contributed by atoms with Crippen LogP contribution in [0.25, 0.3) is 0 Å². The minimum atomic E-state index is -2.05. The van der Waals surface area contributed by atoms with Crippen LogP contribution in [0.5, 0.6) is 0 Å². The van der Waals surface area contributed by atoms with Crippen LogP contribution in [-0.4, -0.2) is 55.0 Å². The number of fused-ring (bicyclic) bond motifs is 1. The third-order valence-electron chi connectivity index (χ3n) is 13.3. The summed E-state index contributed by atoms with van der Waals surface area (Å²) < 4.78 is 21.5. The highest BCUT2D eigenvalue weighted by Crippen LogP contribution is 2.87. The van der Waals surface area contributed by atoms with Crippen molar-refractivity contribution in [3.8, 4) is 0 Å². The summed E-state index contributed by atoms with van der Waals surface area (Å²) in [5.74, 6) is 0. The van der Waals surface area contributed by atoms with Gasteiger partial charge in [0.15, 0.2) is 25.0 Å². The molecule has 4 aliphatic rings. The lowest BCUT2D eigenvalue weighted by Gasteiger charge is -2.76. The Hall–Kier alpha value is 0.491. The summed E-state index contributed by atoms with van der Waals surface area (Å²) in [6.07, 6.45) is 5.45. The molecular formula is C31H64O4Si3. The first-order chi connectivity index (χ1) is 16.7. The molecule has 0 aromatic rings. The molecule has 0 aromatic carbocycles. The minimum Gasteiger partial charge on any atom is -0.416 e. The molecule has 4 aliphatic carbocycles. The lowest BCUT2D eigenvalue weighted by atomic mass is 9.31. The molecule has 0 aliphatic heterocycles. The van der Waals surface area contributed by atoms with Gasteiger partial charge in [-0.2, -0.15) is 0 Å². The summed E-state index contributed by atoms with van der Waals surface area (Å²) >= 11 is 0. The zero-order valence-electron chi connectivity index (χ0n) is 28.2. The van der Waals surface area contributed by atoms with Crippen molar-refractivity contribution in [3.63, 3.8) is 0 Å². The quantitative estimate of drug-likeness (QED) is 0.289. The van der Waals surface area contributed by atoms with Gasteiger partial charge in [0.2, 0.25) is 0 Å². The molecule has 224 valence electrons. The van der Waals surface area contributed by atoms with E-state index in [1.165, 1.54) is 6.42 Å². The molecule has 5 atom stereocenters. The highest BCUT2D eigenvalue weighted by Gasteiger charge is 2.92. The van der Waals surface area contributed by atoms with Gasteiger partial charge in [0.05, 0.1) is 11.7 Å². The van der Waals surface area contributed by atoms with E-state index in [4.69, 9.17) is 13.3 Å². The SMILES string of the molecule is CC(C)(C)[Si](C)(C)OC[C@]12C[C@H](O[Si](C)(C)C(C)(C)C)[C@@]3(CCCC[C@@]13CO[Si](C)(C)C(C)(C)C)[C@]2(C)O. The van der Waals surface area contributed by atoms with Gasteiger partial charge >= 0.3 is 0 Å². The Morgan fingerprint density at radius 2 is 1.05 bits per heavy atom. The van der Waals surface area contributed by atoms with Crippen LogP contribution in [0.2, 0.25) is 54.4 Å². The second-order valence-electron chi connectivity index (χ2n) is 18.1. The fraction of sp³-hybridized carbons (Fsp3) is 1.00. The van der Waals surface area contributed by atoms with Gasteiger partial charge < -0.3 is 18.4 Å². The van der Waals surface area contributed by atoms with Crippen molar-refractivity contribution in [2.75, 3.05) is 13.2 Å². The summed E-state index contributed by atoms with van der Waals surface area (Å²) in [6, 6.07) is 0. The second kappa shape index (κ2) is 9.24. The Morgan fingerprint density at radius 1 is 0.658 bits per heavy atom. The van der Waals surface area contributed by atoms with Gasteiger partial charge in [0.1, 0.15) is 0 Å². The molecule has 4 nitrogen and oxygen atoms in total. The Balaban J connectivity index is 2.13. The molecule has 0 heterocycles. The van der Waals surface area contributed by atoms with Gasteiger partial charge in [-0.15, -0.1) is 0 Å². The maximum atomic E-state index is 12.7. The van der Waals surface area contributed by atoms with Gasteiger partial charge in [-0.25, -0.2) is 0 Å². The highest BCUT2D eigenvalue weighted by atomic mass is 28.4. The Labute approximate surface area is 239 Å². The fourth-order valence-electron chi connectivity index (χ4n) is 7.56. The topological polar surface area (TPSA) is 47.9 Å². The first kappa shape index (κ1) is 33.0. The summed E-state index contributed by atoms with van der Waals surface area (Å²) in [6.45, 7) is 38.6. The summed E-state index contributed by atoms with van der Waals surface area (Å²) in [7, 11) is -6.04. The molecule has 1 spiro atoms. The molecule has 2 bridgehead atoms. The van der Waals surface area contributed by atoms with E-state index >= 15 is 0 Å². The zero-order valence-corrected chi connectivity index (χ0v) is 31.2. The van der Waals surface area contributed by atoms with E-state index in [-0.39, 0.29) is 37.5 Å². The number of hydrogen-bond donors (Lipinski definition) is 1. The first-order valence-electron chi connectivity index (χ1n) is 15.4. The second-order valence-corrected chi connectivity index (χ2v) is 32.5. The lowest BCUT2D eigenvalue weighted by Crippen LogP contribution is -2.82. The predicted molar refractivity (Wildman–Crippen MR) is 169 cm³/mol. The molecule has 38 heavy (non-hydrogen) atoms. The number of rotatable bonds is 8. The lowest BCUT2D eigenvalue weighted by molar-refractivity contribution is -0.363. The minimum absolute atomic E-state index is 0.0599. The van der Waals surface area contributed by atoms with Gasteiger partial charge in [-0.3, -0.25) is 0 Å². The van der Waals surface area contributed by atoms with E-state index < -0.39 is 30.6 Å². The monoisotopic (exact) mass is 584 g/mol. The van der Waals surface area contributed by atoms with E-state index in [0.717, 1.165) is 32.3 Å². The average Bonchev–Trinajstić information content (AvgIpc) is 3.07. The van der Waals surface area contributed by atoms with Gasteiger partial charge in [-0.05, 0) is 80.6 Å². The molecule has 0 amide bonds. The van der Waals surface area contributed by atoms with Gasteiger partial charge in [-0.1, -0.05) is 75.2 Å². The van der Waals surface area contributed by atoms with Crippen LogP contribution in [0, 0.1) is 16.2 Å². The summed E-state index contributed by atoms with van der Waals surface area (Å²) in [4.78, 5) is 0. The maximum absolute atomic E-state index is 12.7. The molecule has 4 rings (SSSR count). The van der Waals surface area contributed by atoms with Crippen LogP contribution < -0.4 is 0 Å². The Morgan fingerprint density at radius 3 is 1.47 bits per heavy atom. The molecular weight excluding hydrogens is 521 g/mol. The van der Waals surface area contributed by atoms with Crippen molar-refractivity contribution >= 4 is 25.0 Å². The standard InChI is InChI=1S/C31H64O4Si3/c1-25(2,3)36(11,12)33-22-29-19-17-18-20-31(29)24(35-38(15,16)27(7,8)9)21-30(29,28(31,10)32)23-34-37(13,14)26(4,5)6/h24,32H,17-23H2,1-16H3/t24-,28+,29+,30-,31-/m0/s1. The van der Waals surface area contributed by atoms with E-state index in [0.29, 0.717) is 6.61 Å². The molecule has 4 saturated carbocycles. The van der Waals surface area contributed by atoms with E-state index in [1.54, 1.807) is 0 Å². The largest absolute Gasteiger partial charge is 0.416 e. The summed E-state index contributed by atoms with van der Waals surface area (Å²) in [5, 5.41) is 13.1. The fourth-order valence-corrected chi connectivity index (χ4v) is 11.0. The third-order valence-corrected chi connectivity index (χ3v) is 26.7. The first-order valence-corrected chi connectivity index (χ1v) is 24.1. The maximum Gasteiger partial charge on any atom is 0.192 e. The van der Waals surface area contributed by atoms with Crippen LogP contribution in [0.15, 0.2) is 0 Å². The van der Waals surface area contributed by atoms with Crippen LogP contribution in [-0.2, 0) is 13.3 Å². The molecule has 0 radical (unpaired) electrons. The Kier molecular flexibility index (Phi) is 8.03. The van der Waals surface area contributed by atoms with Crippen LogP contribution in [0.3, 0.4) is 0 Å². The summed E-state index contributed by atoms with van der Waals surface area (Å²) in [5.41, 5.74) is -1.54. The number of aliphatic hydroxyl groups is 1. The van der Waals surface area contributed by atoms with Gasteiger partial charge in [0.25, 0.3) is 0 Å². The number of hydrogen-bond acceptors (Lipinski definition) is 4. The van der Waals surface area contributed by atoms with Crippen molar-refractivity contribution in [2.24, 2.45) is 16.2 Å². The van der Waals surface area contributed by atoms with Crippen molar-refractivity contribution in [3.05, 3.63) is 0 Å². The molecule has 0 saturated heterocycles.